The number of hydrogen-bond donors (Lipinski definition) is 2. The van der Waals surface area contributed by atoms with Crippen molar-refractivity contribution >= 4 is 50.8 Å². The van der Waals surface area contributed by atoms with Gasteiger partial charge in [0.2, 0.25) is 11.8 Å². The molecular weight excluding hydrogens is 457 g/mol. The number of nitrogens with zero attached hydrogens (tertiary/aromatic N) is 1. The smallest absolute Gasteiger partial charge is 0.247 e. The molecule has 0 aliphatic carbocycles. The van der Waals surface area contributed by atoms with Gasteiger partial charge < -0.3 is 10.6 Å². The van der Waals surface area contributed by atoms with Crippen LogP contribution in [0.25, 0.3) is 10.2 Å². The quantitative estimate of drug-likeness (QED) is 0.243. The van der Waals surface area contributed by atoms with Gasteiger partial charge in [-0.25, -0.2) is 9.37 Å². The molecule has 1 heterocycles. The number of benzene rings is 2. The monoisotopic (exact) mass is 483 g/mol. The lowest BCUT2D eigenvalue weighted by atomic mass is 10.0. The fraction of sp³-hybridized carbons (Fsp3) is 0.320. The summed E-state index contributed by atoms with van der Waals surface area (Å²) >= 11 is 3.26. The molecule has 8 heteroatoms. The molecule has 2 N–H and O–H groups in total. The Bertz CT molecular complexity index is 1170. The van der Waals surface area contributed by atoms with Crippen molar-refractivity contribution in [2.75, 3.05) is 11.1 Å². The van der Waals surface area contributed by atoms with Gasteiger partial charge in [-0.3, -0.25) is 9.59 Å². The topological polar surface area (TPSA) is 71.1 Å². The Labute approximate surface area is 201 Å². The average molecular weight is 484 g/mol. The third-order valence-electron chi connectivity index (χ3n) is 4.64. The molecule has 0 bridgehead atoms. The molecule has 0 saturated heterocycles. The molecule has 172 valence electrons. The van der Waals surface area contributed by atoms with E-state index in [1.165, 1.54) is 19.1 Å². The van der Waals surface area contributed by atoms with E-state index < -0.39 is 6.04 Å². The van der Waals surface area contributed by atoms with Crippen LogP contribution in [0, 0.1) is 17.7 Å². The molecule has 1 unspecified atom stereocenters. The van der Waals surface area contributed by atoms with Crippen LogP contribution in [0.3, 0.4) is 0 Å². The van der Waals surface area contributed by atoms with E-state index >= 15 is 0 Å². The summed E-state index contributed by atoms with van der Waals surface area (Å²) in [5.41, 5.74) is 2.26. The molecule has 0 radical (unpaired) electrons. The summed E-state index contributed by atoms with van der Waals surface area (Å²) in [4.78, 5) is 29.1. The predicted molar refractivity (Wildman–Crippen MR) is 134 cm³/mol. The number of rotatable bonds is 9. The molecule has 1 aromatic heterocycles. The summed E-state index contributed by atoms with van der Waals surface area (Å²) in [6.07, 6.45) is 3.11. The van der Waals surface area contributed by atoms with Crippen molar-refractivity contribution in [2.24, 2.45) is 0 Å². The summed E-state index contributed by atoms with van der Waals surface area (Å²) in [6.45, 7) is 3.48. The number of halogens is 1. The molecule has 3 aromatic rings. The van der Waals surface area contributed by atoms with Crippen LogP contribution in [0.2, 0.25) is 0 Å². The predicted octanol–water partition coefficient (Wildman–Crippen LogP) is 5.41. The minimum absolute atomic E-state index is 0.260. The zero-order valence-corrected chi connectivity index (χ0v) is 20.2. The number of thioether (sulfide) groups is 1. The van der Waals surface area contributed by atoms with Crippen molar-refractivity contribution in [3.05, 3.63) is 53.8 Å². The van der Waals surface area contributed by atoms with Crippen LogP contribution in [0.4, 0.5) is 10.1 Å². The van der Waals surface area contributed by atoms with Gasteiger partial charge in [-0.2, -0.15) is 0 Å². The van der Waals surface area contributed by atoms with Crippen LogP contribution in [0.1, 0.15) is 38.7 Å². The number of amides is 2. The molecule has 3 rings (SSSR count). The number of carbonyl (C=O) groups is 2. The van der Waals surface area contributed by atoms with Crippen molar-refractivity contribution < 1.29 is 14.0 Å². The van der Waals surface area contributed by atoms with E-state index in [1.54, 1.807) is 41.3 Å². The maximum Gasteiger partial charge on any atom is 0.247 e. The number of nitrogens with one attached hydrogen (secondary N) is 2. The lowest BCUT2D eigenvalue weighted by molar-refractivity contribution is -0.125. The zero-order chi connectivity index (χ0) is 23.6. The van der Waals surface area contributed by atoms with Gasteiger partial charge >= 0.3 is 0 Å². The maximum atomic E-state index is 13.2. The third-order valence-corrected chi connectivity index (χ3v) is 6.80. The van der Waals surface area contributed by atoms with Gasteiger partial charge in [-0.05, 0) is 42.3 Å². The second-order valence-corrected chi connectivity index (χ2v) is 9.81. The van der Waals surface area contributed by atoms with Crippen molar-refractivity contribution in [1.29, 1.82) is 0 Å². The lowest BCUT2D eigenvalue weighted by Crippen LogP contribution is -2.44. The summed E-state index contributed by atoms with van der Waals surface area (Å²) in [7, 11) is 0. The Morgan fingerprint density at radius 3 is 2.64 bits per heavy atom. The summed E-state index contributed by atoms with van der Waals surface area (Å²) in [6, 6.07) is 10.7. The Hall–Kier alpha value is -2.89. The number of carbonyl (C=O) groups excluding carboxylic acids is 2. The average Bonchev–Trinajstić information content (AvgIpc) is 3.19. The van der Waals surface area contributed by atoms with Gasteiger partial charge in [0.15, 0.2) is 4.34 Å². The highest BCUT2D eigenvalue weighted by Crippen LogP contribution is 2.31. The van der Waals surface area contributed by atoms with Crippen LogP contribution < -0.4 is 10.6 Å². The van der Waals surface area contributed by atoms with Gasteiger partial charge in [0.25, 0.3) is 0 Å². The van der Waals surface area contributed by atoms with Gasteiger partial charge in [0.05, 0.1) is 10.2 Å². The minimum Gasteiger partial charge on any atom is -0.344 e. The van der Waals surface area contributed by atoms with Gasteiger partial charge in [-0.1, -0.05) is 30.8 Å². The molecule has 33 heavy (non-hydrogen) atoms. The highest BCUT2D eigenvalue weighted by atomic mass is 32.2. The first-order valence-corrected chi connectivity index (χ1v) is 12.6. The van der Waals surface area contributed by atoms with Crippen LogP contribution in [0.15, 0.2) is 46.8 Å². The fourth-order valence-corrected chi connectivity index (χ4v) is 5.11. The molecule has 5 nitrogen and oxygen atoms in total. The molecule has 0 aliphatic rings. The fourth-order valence-electron chi connectivity index (χ4n) is 3.07. The van der Waals surface area contributed by atoms with E-state index in [1.807, 2.05) is 12.1 Å². The van der Waals surface area contributed by atoms with Crippen LogP contribution in [0.5, 0.6) is 0 Å². The zero-order valence-electron chi connectivity index (χ0n) is 18.6. The van der Waals surface area contributed by atoms with Gasteiger partial charge in [0.1, 0.15) is 11.9 Å². The van der Waals surface area contributed by atoms with Gasteiger partial charge in [-0.15, -0.1) is 23.2 Å². The van der Waals surface area contributed by atoms with E-state index in [9.17, 15) is 14.0 Å². The molecule has 2 amide bonds. The molecule has 1 atom stereocenters. The number of aromatic nitrogens is 1. The SMILES string of the molecule is CCCC#CCCSc1nc2ccc(NC(=O)C(Cc3ccc(F)cc3)NC(C)=O)cc2s1. The maximum absolute atomic E-state index is 13.2. The summed E-state index contributed by atoms with van der Waals surface area (Å²) in [5, 5.41) is 5.56. The normalized spacial score (nSPS) is 11.5. The van der Waals surface area contributed by atoms with Crippen molar-refractivity contribution in [2.45, 2.75) is 49.9 Å². The Morgan fingerprint density at radius 2 is 1.91 bits per heavy atom. The Kier molecular flexibility index (Phi) is 9.28. The van der Waals surface area contributed by atoms with Crippen LogP contribution in [-0.4, -0.2) is 28.6 Å². The second kappa shape index (κ2) is 12.4. The van der Waals surface area contributed by atoms with Gasteiger partial charge in [0, 0.05) is 37.6 Å². The molecule has 2 aromatic carbocycles. The molecule has 0 aliphatic heterocycles. The Morgan fingerprint density at radius 1 is 1.15 bits per heavy atom. The molecular formula is C25H26FN3O2S2. The number of hydrogen-bond acceptors (Lipinski definition) is 5. The number of thiazole rings is 1. The first-order chi connectivity index (χ1) is 15.9. The minimum atomic E-state index is -0.773. The van der Waals surface area contributed by atoms with E-state index in [0.29, 0.717) is 5.69 Å². The standard InChI is InChI=1S/C25H26FN3O2S2/c1-3-4-5-6-7-14-32-25-29-21-13-12-20(16-23(21)33-25)28-24(31)22(27-17(2)30)15-18-8-10-19(26)11-9-18/h8-13,16,22H,3-4,7,14-15H2,1-2H3,(H,27,30)(H,28,31). The van der Waals surface area contributed by atoms with E-state index in [2.05, 4.69) is 34.4 Å². The van der Waals surface area contributed by atoms with Crippen LogP contribution >= 0.6 is 23.1 Å². The summed E-state index contributed by atoms with van der Waals surface area (Å²) < 4.78 is 15.1. The van der Waals surface area contributed by atoms with Crippen LogP contribution in [-0.2, 0) is 16.0 Å². The van der Waals surface area contributed by atoms with Crippen molar-refractivity contribution in [1.82, 2.24) is 10.3 Å². The summed E-state index contributed by atoms with van der Waals surface area (Å²) in [5.74, 6) is 6.22. The number of fused-ring (bicyclic) bond motifs is 1. The highest BCUT2D eigenvalue weighted by molar-refractivity contribution is 8.01. The molecule has 0 fully saturated rings. The van der Waals surface area contributed by atoms with E-state index in [-0.39, 0.29) is 24.1 Å². The molecule has 0 saturated carbocycles. The number of unbranched alkanes of at least 4 members (excludes halogenated alkanes) is 1. The second-order valence-electron chi connectivity index (χ2n) is 7.44. The largest absolute Gasteiger partial charge is 0.344 e. The Balaban J connectivity index is 1.64. The highest BCUT2D eigenvalue weighted by Gasteiger charge is 2.20. The lowest BCUT2D eigenvalue weighted by Gasteiger charge is -2.18. The first kappa shape index (κ1) is 24.7. The first-order valence-electron chi connectivity index (χ1n) is 10.8. The van der Waals surface area contributed by atoms with E-state index in [4.69, 9.17) is 0 Å². The molecule has 0 spiro atoms. The van der Waals surface area contributed by atoms with Crippen molar-refractivity contribution in [3.63, 3.8) is 0 Å². The van der Waals surface area contributed by atoms with E-state index in [0.717, 1.165) is 45.1 Å². The third kappa shape index (κ3) is 7.88. The van der Waals surface area contributed by atoms with Crippen molar-refractivity contribution in [3.8, 4) is 11.8 Å². The number of anilines is 1.